The van der Waals surface area contributed by atoms with Crippen LogP contribution in [0.3, 0.4) is 0 Å². The van der Waals surface area contributed by atoms with Crippen molar-refractivity contribution in [2.45, 2.75) is 39.0 Å². The average molecular weight is 731 g/mol. The highest BCUT2D eigenvalue weighted by atomic mass is 35.5. The van der Waals surface area contributed by atoms with Gasteiger partial charge in [-0.25, -0.2) is 14.4 Å². The minimum absolute atomic E-state index is 0.0217. The van der Waals surface area contributed by atoms with E-state index in [2.05, 4.69) is 30.7 Å². The molecule has 1 saturated heterocycles. The lowest BCUT2D eigenvalue weighted by atomic mass is 9.89. The molecule has 1 amide bonds. The molecule has 0 unspecified atom stereocenters. The van der Waals surface area contributed by atoms with Gasteiger partial charge in [-0.3, -0.25) is 14.4 Å². The van der Waals surface area contributed by atoms with Gasteiger partial charge in [0.25, 0.3) is 0 Å². The number of carbonyl (C=O) groups excluding carboxylic acids is 2. The van der Waals surface area contributed by atoms with Gasteiger partial charge < -0.3 is 10.0 Å². The van der Waals surface area contributed by atoms with Crippen LogP contribution in [0.1, 0.15) is 47.3 Å². The highest BCUT2D eigenvalue weighted by Crippen LogP contribution is 2.33. The lowest BCUT2D eigenvalue weighted by molar-refractivity contribution is -0.154. The second-order valence-corrected chi connectivity index (χ2v) is 15.5. The molecule has 3 aromatic carbocycles. The molecule has 1 aliphatic rings. The van der Waals surface area contributed by atoms with Crippen LogP contribution >= 0.6 is 34.5 Å². The highest BCUT2D eigenvalue weighted by Gasteiger charge is 2.39. The molecule has 2 aromatic heterocycles. The molecule has 3 heterocycles. The number of amides is 1. The summed E-state index contributed by atoms with van der Waals surface area (Å²) in [5.74, 6) is -2.47. The van der Waals surface area contributed by atoms with E-state index in [0.29, 0.717) is 49.4 Å². The molecular formula is C39H34Cl2FN3O4S. The predicted octanol–water partition coefficient (Wildman–Crippen LogP) is 9.26. The van der Waals surface area contributed by atoms with Gasteiger partial charge in [0.15, 0.2) is 11.6 Å². The Kier molecular flexibility index (Phi) is 10.2. The van der Waals surface area contributed by atoms with E-state index >= 15 is 4.39 Å². The summed E-state index contributed by atoms with van der Waals surface area (Å²) in [4.78, 5) is 50.5. The summed E-state index contributed by atoms with van der Waals surface area (Å²) >= 11 is 13.7. The number of aliphatic carboxylic acids is 1. The molecule has 0 spiro atoms. The number of benzene rings is 3. The lowest BCUT2D eigenvalue weighted by Gasteiger charge is -2.38. The second kappa shape index (κ2) is 14.4. The van der Waals surface area contributed by atoms with Crippen LogP contribution in [0.15, 0.2) is 85.2 Å². The van der Waals surface area contributed by atoms with Crippen molar-refractivity contribution < 1.29 is 23.9 Å². The van der Waals surface area contributed by atoms with Crippen molar-refractivity contribution in [1.82, 2.24) is 14.9 Å². The minimum atomic E-state index is -0.927. The number of hydrogen-bond donors (Lipinski definition) is 1. The van der Waals surface area contributed by atoms with Crippen LogP contribution in [0.25, 0.3) is 33.6 Å². The molecule has 7 nitrogen and oxygen atoms in total. The van der Waals surface area contributed by atoms with Crippen molar-refractivity contribution in [2.75, 3.05) is 13.1 Å². The van der Waals surface area contributed by atoms with Crippen LogP contribution in [0.4, 0.5) is 4.39 Å². The maximum Gasteiger partial charge on any atom is 0.310 e. The highest BCUT2D eigenvalue weighted by molar-refractivity contribution is 7.14. The first-order chi connectivity index (χ1) is 23.7. The fourth-order valence-electron chi connectivity index (χ4n) is 5.87. The van der Waals surface area contributed by atoms with Gasteiger partial charge in [0.1, 0.15) is 5.82 Å². The Morgan fingerprint density at radius 1 is 0.880 bits per heavy atom. The van der Waals surface area contributed by atoms with Crippen molar-refractivity contribution in [3.63, 3.8) is 0 Å². The lowest BCUT2D eigenvalue weighted by Crippen LogP contribution is -2.55. The molecule has 256 valence electrons. The Morgan fingerprint density at radius 3 is 2.10 bits per heavy atom. The van der Waals surface area contributed by atoms with Crippen LogP contribution in [0.5, 0.6) is 0 Å². The van der Waals surface area contributed by atoms with Gasteiger partial charge in [-0.15, -0.1) is 11.3 Å². The normalized spacial score (nSPS) is 13.9. The number of ketones is 1. The van der Waals surface area contributed by atoms with E-state index in [-0.39, 0.29) is 36.6 Å². The summed E-state index contributed by atoms with van der Waals surface area (Å²) in [6.45, 7) is 6.55. The fourth-order valence-corrected chi connectivity index (χ4v) is 7.41. The molecule has 0 bridgehead atoms. The number of carbonyl (C=O) groups is 3. The summed E-state index contributed by atoms with van der Waals surface area (Å²) < 4.78 is 15.2. The first kappa shape index (κ1) is 35.4. The summed E-state index contributed by atoms with van der Waals surface area (Å²) in [5, 5.41) is 10.2. The zero-order valence-corrected chi connectivity index (χ0v) is 30.0. The van der Waals surface area contributed by atoms with Crippen molar-refractivity contribution in [3.05, 3.63) is 116 Å². The van der Waals surface area contributed by atoms with Crippen LogP contribution < -0.4 is 0 Å². The van der Waals surface area contributed by atoms with E-state index < -0.39 is 23.6 Å². The standard InChI is InChI=1S/C39H34Cl2FN3O4S/c1-39(2,3)35-11-10-34(50-35)33(46)16-26(37(47)45-20-28(21-45)38(48)49)12-22-4-6-23(7-5-22)36-43-18-27(19-44-36)31-9-8-24(15-32(31)42)25-13-29(40)17-30(41)14-25/h4-11,13-15,17-19,26,28H,12,16,20-21H2,1-3H3,(H,48,49)/t26-/m1/s1. The summed E-state index contributed by atoms with van der Waals surface area (Å²) in [6, 6.07) is 21.1. The van der Waals surface area contributed by atoms with Gasteiger partial charge in [0.05, 0.1) is 10.8 Å². The number of likely N-dealkylation sites (tertiary alicyclic amines) is 1. The molecule has 0 saturated carbocycles. The van der Waals surface area contributed by atoms with Crippen molar-refractivity contribution in [2.24, 2.45) is 11.8 Å². The van der Waals surface area contributed by atoms with E-state index in [4.69, 9.17) is 23.2 Å². The third-order valence-electron chi connectivity index (χ3n) is 8.77. The average Bonchev–Trinajstić information content (AvgIpc) is 3.55. The van der Waals surface area contributed by atoms with Crippen molar-refractivity contribution in [1.29, 1.82) is 0 Å². The van der Waals surface area contributed by atoms with Gasteiger partial charge >= 0.3 is 5.97 Å². The molecule has 11 heteroatoms. The molecule has 0 radical (unpaired) electrons. The summed E-state index contributed by atoms with van der Waals surface area (Å²) in [5.41, 5.74) is 3.68. The Morgan fingerprint density at radius 2 is 1.52 bits per heavy atom. The third kappa shape index (κ3) is 7.96. The van der Waals surface area contributed by atoms with E-state index in [1.165, 1.54) is 22.3 Å². The molecule has 0 aliphatic carbocycles. The maximum atomic E-state index is 15.2. The number of carboxylic acid groups (broad SMARTS) is 1. The SMILES string of the molecule is CC(C)(C)c1ccc(C(=O)C[C@@H](Cc2ccc(-c3ncc(-c4ccc(-c5cc(Cl)cc(Cl)c5)cc4F)cn3)cc2)C(=O)N2CC(C(=O)O)C2)s1. The number of carboxylic acids is 1. The van der Waals surface area contributed by atoms with Gasteiger partial charge in [-0.05, 0) is 64.9 Å². The van der Waals surface area contributed by atoms with Crippen LogP contribution in [-0.4, -0.2) is 50.7 Å². The number of nitrogens with zero attached hydrogens (tertiary/aromatic N) is 3. The molecule has 1 aliphatic heterocycles. The Labute approximate surface area is 303 Å². The smallest absolute Gasteiger partial charge is 0.310 e. The second-order valence-electron chi connectivity index (χ2n) is 13.6. The van der Waals surface area contributed by atoms with Gasteiger partial charge in [0, 0.05) is 69.4 Å². The number of rotatable bonds is 10. The van der Waals surface area contributed by atoms with Crippen LogP contribution in [0.2, 0.25) is 10.0 Å². The molecule has 5 aromatic rings. The van der Waals surface area contributed by atoms with Crippen LogP contribution in [-0.2, 0) is 21.4 Å². The molecule has 50 heavy (non-hydrogen) atoms. The Balaban J connectivity index is 1.16. The van der Waals surface area contributed by atoms with Crippen molar-refractivity contribution in [3.8, 4) is 33.6 Å². The molecule has 1 atom stereocenters. The van der Waals surface area contributed by atoms with E-state index in [1.807, 2.05) is 36.4 Å². The monoisotopic (exact) mass is 729 g/mol. The molecule has 6 rings (SSSR count). The first-order valence-electron chi connectivity index (χ1n) is 16.1. The minimum Gasteiger partial charge on any atom is -0.481 e. The van der Waals surface area contributed by atoms with Crippen LogP contribution in [0, 0.1) is 17.7 Å². The summed E-state index contributed by atoms with van der Waals surface area (Å²) in [7, 11) is 0. The Hall–Kier alpha value is -4.44. The van der Waals surface area contributed by atoms with E-state index in [0.717, 1.165) is 16.0 Å². The van der Waals surface area contributed by atoms with Gasteiger partial charge in [-0.2, -0.15) is 0 Å². The quantitative estimate of drug-likeness (QED) is 0.144. The summed E-state index contributed by atoms with van der Waals surface area (Å²) in [6.07, 6.45) is 3.47. The molecular weight excluding hydrogens is 696 g/mol. The van der Waals surface area contributed by atoms with E-state index in [1.54, 1.807) is 42.7 Å². The maximum absolute atomic E-state index is 15.2. The first-order valence-corrected chi connectivity index (χ1v) is 17.7. The topological polar surface area (TPSA) is 100 Å². The van der Waals surface area contributed by atoms with Gasteiger partial charge in [0.2, 0.25) is 5.91 Å². The predicted molar refractivity (Wildman–Crippen MR) is 195 cm³/mol. The largest absolute Gasteiger partial charge is 0.481 e. The number of aromatic nitrogens is 2. The zero-order chi connectivity index (χ0) is 35.7. The molecule has 1 fully saturated rings. The number of Topliss-reactive ketones (excluding diaryl/α,β-unsaturated/α-hetero) is 1. The number of halogens is 3. The zero-order valence-electron chi connectivity index (χ0n) is 27.6. The van der Waals surface area contributed by atoms with E-state index in [9.17, 15) is 19.5 Å². The molecule has 1 N–H and O–H groups in total. The number of thiophene rings is 1. The number of hydrogen-bond acceptors (Lipinski definition) is 6. The third-order valence-corrected chi connectivity index (χ3v) is 10.8. The van der Waals surface area contributed by atoms with Gasteiger partial charge in [-0.1, -0.05) is 80.4 Å². The fraction of sp³-hybridized carbons (Fsp3) is 0.256. The van der Waals surface area contributed by atoms with Crippen molar-refractivity contribution >= 4 is 52.2 Å². The Bertz CT molecular complexity index is 2050.